The zero-order valence-electron chi connectivity index (χ0n) is 20.7. The Hall–Kier alpha value is -1.43. The van der Waals surface area contributed by atoms with Crippen LogP contribution in [0.3, 0.4) is 0 Å². The van der Waals surface area contributed by atoms with E-state index in [1.807, 2.05) is 0 Å². The highest BCUT2D eigenvalue weighted by molar-refractivity contribution is 5.81. The Kier molecular flexibility index (Phi) is 22.7. The van der Waals surface area contributed by atoms with E-state index in [2.05, 4.69) is 10.6 Å². The Bertz CT molecular complexity index is 505. The van der Waals surface area contributed by atoms with Crippen LogP contribution in [0.4, 0.5) is 0 Å². The van der Waals surface area contributed by atoms with Crippen LogP contribution in [0.2, 0.25) is 0 Å². The Balaban J connectivity index is 3.25. The van der Waals surface area contributed by atoms with Gasteiger partial charge in [-0.3, -0.25) is 14.4 Å². The molecule has 0 heterocycles. The molecule has 0 aliphatic carbocycles. The normalized spacial score (nSPS) is 12.0. The van der Waals surface area contributed by atoms with Crippen molar-refractivity contribution in [2.45, 2.75) is 52.0 Å². The molecule has 1 unspecified atom stereocenters. The zero-order valence-corrected chi connectivity index (χ0v) is 20.7. The van der Waals surface area contributed by atoms with Gasteiger partial charge >= 0.3 is 0 Å². The average Bonchev–Trinajstić information content (AvgIpc) is 2.77. The molecule has 0 aliphatic heterocycles. The molecule has 0 saturated carbocycles. The number of rotatable bonds is 25. The number of Topliss-reactive ketones (excluding diaryl/α,β-unsaturated/α-hetero) is 2. The molecule has 1 amide bonds. The standard InChI is InChI=1S/C23H44N2O8/c1-20(26)7-10-29-12-14-31-16-18-33-19-17-32-15-13-30-11-8-23(28)25-9-5-4-6-22(24-3)21(2)27/h22,24H,4-19H2,1-3H3,(H,25,28). The van der Waals surface area contributed by atoms with E-state index in [1.165, 1.54) is 0 Å². The van der Waals surface area contributed by atoms with Crippen LogP contribution in [0, 0.1) is 0 Å². The molecular weight excluding hydrogens is 432 g/mol. The fourth-order valence-electron chi connectivity index (χ4n) is 2.70. The lowest BCUT2D eigenvalue weighted by Gasteiger charge is -2.12. The van der Waals surface area contributed by atoms with Crippen LogP contribution < -0.4 is 10.6 Å². The van der Waals surface area contributed by atoms with Gasteiger partial charge in [0.2, 0.25) is 5.91 Å². The first-order valence-corrected chi connectivity index (χ1v) is 11.8. The highest BCUT2D eigenvalue weighted by Gasteiger charge is 2.10. The van der Waals surface area contributed by atoms with Gasteiger partial charge in [-0.05, 0) is 40.2 Å². The van der Waals surface area contributed by atoms with Crippen LogP contribution in [-0.2, 0) is 38.1 Å². The summed E-state index contributed by atoms with van der Waals surface area (Å²) in [6.07, 6.45) is 3.26. The number of hydrogen-bond donors (Lipinski definition) is 2. The van der Waals surface area contributed by atoms with Crippen LogP contribution in [0.15, 0.2) is 0 Å². The van der Waals surface area contributed by atoms with Gasteiger partial charge in [-0.25, -0.2) is 0 Å². The molecule has 0 bridgehead atoms. The molecule has 0 aromatic carbocycles. The summed E-state index contributed by atoms with van der Waals surface area (Å²) in [7, 11) is 1.78. The maximum atomic E-state index is 11.7. The largest absolute Gasteiger partial charge is 0.379 e. The van der Waals surface area contributed by atoms with E-state index in [1.54, 1.807) is 20.9 Å². The summed E-state index contributed by atoms with van der Waals surface area (Å²) in [5, 5.41) is 5.85. The number of likely N-dealkylation sites (N-methyl/N-ethyl adjacent to an activating group) is 1. The Morgan fingerprint density at radius 1 is 0.667 bits per heavy atom. The second-order valence-electron chi connectivity index (χ2n) is 7.56. The minimum atomic E-state index is -0.0991. The summed E-state index contributed by atoms with van der Waals surface area (Å²) in [5.41, 5.74) is 0. The molecule has 0 aliphatic rings. The van der Waals surface area contributed by atoms with E-state index in [-0.39, 0.29) is 23.5 Å². The lowest BCUT2D eigenvalue weighted by atomic mass is 10.1. The third-order valence-electron chi connectivity index (χ3n) is 4.64. The molecule has 0 saturated heterocycles. The zero-order chi connectivity index (χ0) is 24.6. The molecule has 0 spiro atoms. The van der Waals surface area contributed by atoms with Gasteiger partial charge in [0.1, 0.15) is 11.6 Å². The summed E-state index contributed by atoms with van der Waals surface area (Å²) in [5.74, 6) is 0.224. The third-order valence-corrected chi connectivity index (χ3v) is 4.64. The lowest BCUT2D eigenvalue weighted by Crippen LogP contribution is -2.32. The van der Waals surface area contributed by atoms with Crippen molar-refractivity contribution in [2.24, 2.45) is 0 Å². The Labute approximate surface area is 198 Å². The molecule has 10 heteroatoms. The number of carbonyl (C=O) groups is 3. The Morgan fingerprint density at radius 2 is 1.12 bits per heavy atom. The van der Waals surface area contributed by atoms with Gasteiger partial charge in [0.15, 0.2) is 0 Å². The quantitative estimate of drug-likeness (QED) is 0.185. The number of nitrogens with one attached hydrogen (secondary N) is 2. The first-order chi connectivity index (χ1) is 16.0. The van der Waals surface area contributed by atoms with Crippen LogP contribution in [0.5, 0.6) is 0 Å². The predicted octanol–water partition coefficient (Wildman–Crippen LogP) is 0.902. The lowest BCUT2D eigenvalue weighted by molar-refractivity contribution is -0.122. The number of carbonyl (C=O) groups excluding carboxylic acids is 3. The van der Waals surface area contributed by atoms with E-state index in [0.29, 0.717) is 85.5 Å². The molecule has 194 valence electrons. The van der Waals surface area contributed by atoms with E-state index in [4.69, 9.17) is 23.7 Å². The topological polar surface area (TPSA) is 121 Å². The maximum absolute atomic E-state index is 11.7. The molecule has 0 aromatic heterocycles. The second-order valence-corrected chi connectivity index (χ2v) is 7.56. The first-order valence-electron chi connectivity index (χ1n) is 11.8. The number of unbranched alkanes of at least 4 members (excludes halogenated alkanes) is 1. The first kappa shape index (κ1) is 31.6. The van der Waals surface area contributed by atoms with Gasteiger partial charge in [0.05, 0.1) is 72.1 Å². The van der Waals surface area contributed by atoms with Gasteiger partial charge in [0, 0.05) is 19.4 Å². The van der Waals surface area contributed by atoms with E-state index < -0.39 is 0 Å². The van der Waals surface area contributed by atoms with Gasteiger partial charge in [-0.1, -0.05) is 0 Å². The third kappa shape index (κ3) is 23.5. The predicted molar refractivity (Wildman–Crippen MR) is 124 cm³/mol. The number of hydrogen-bond acceptors (Lipinski definition) is 9. The van der Waals surface area contributed by atoms with Gasteiger partial charge < -0.3 is 34.3 Å². The molecule has 33 heavy (non-hydrogen) atoms. The highest BCUT2D eigenvalue weighted by Crippen LogP contribution is 2.01. The minimum absolute atomic E-state index is 0.0362. The number of ether oxygens (including phenoxy) is 5. The summed E-state index contributed by atoms with van der Waals surface area (Å²) in [6.45, 7) is 8.25. The van der Waals surface area contributed by atoms with E-state index >= 15 is 0 Å². The monoisotopic (exact) mass is 476 g/mol. The molecule has 2 N–H and O–H groups in total. The van der Waals surface area contributed by atoms with Crippen molar-refractivity contribution < 1.29 is 38.1 Å². The van der Waals surface area contributed by atoms with E-state index in [0.717, 1.165) is 19.3 Å². The van der Waals surface area contributed by atoms with Crippen LogP contribution in [0.25, 0.3) is 0 Å². The minimum Gasteiger partial charge on any atom is -0.379 e. The van der Waals surface area contributed by atoms with Crippen molar-refractivity contribution in [3.8, 4) is 0 Å². The van der Waals surface area contributed by atoms with Crippen LogP contribution >= 0.6 is 0 Å². The van der Waals surface area contributed by atoms with Gasteiger partial charge in [0.25, 0.3) is 0 Å². The average molecular weight is 477 g/mol. The van der Waals surface area contributed by atoms with Crippen LogP contribution in [-0.4, -0.2) is 103 Å². The van der Waals surface area contributed by atoms with Crippen molar-refractivity contribution in [1.82, 2.24) is 10.6 Å². The molecule has 0 rings (SSSR count). The summed E-state index contributed by atoms with van der Waals surface area (Å²) in [4.78, 5) is 33.8. The Morgan fingerprint density at radius 3 is 1.55 bits per heavy atom. The maximum Gasteiger partial charge on any atom is 0.222 e. The molecule has 0 radical (unpaired) electrons. The van der Waals surface area contributed by atoms with Crippen LogP contribution in [0.1, 0.15) is 46.0 Å². The summed E-state index contributed by atoms with van der Waals surface area (Å²) < 4.78 is 26.8. The molecule has 1 atom stereocenters. The SMILES string of the molecule is CNC(CCCCNC(=O)CCOCCOCCOCCOCCOCCC(C)=O)C(C)=O. The van der Waals surface area contributed by atoms with Gasteiger partial charge in [-0.2, -0.15) is 0 Å². The van der Waals surface area contributed by atoms with Crippen molar-refractivity contribution >= 4 is 17.5 Å². The van der Waals surface area contributed by atoms with Crippen molar-refractivity contribution in [3.63, 3.8) is 0 Å². The molecule has 10 nitrogen and oxygen atoms in total. The van der Waals surface area contributed by atoms with Crippen molar-refractivity contribution in [2.75, 3.05) is 79.7 Å². The van der Waals surface area contributed by atoms with E-state index in [9.17, 15) is 14.4 Å². The number of ketones is 2. The van der Waals surface area contributed by atoms with Gasteiger partial charge in [-0.15, -0.1) is 0 Å². The fourth-order valence-corrected chi connectivity index (χ4v) is 2.70. The second kappa shape index (κ2) is 23.7. The molecular formula is C23H44N2O8. The number of amides is 1. The smallest absolute Gasteiger partial charge is 0.222 e. The molecule has 0 aromatic rings. The fraction of sp³-hybridized carbons (Fsp3) is 0.870. The highest BCUT2D eigenvalue weighted by atomic mass is 16.6. The van der Waals surface area contributed by atoms with Crippen molar-refractivity contribution in [1.29, 1.82) is 0 Å². The summed E-state index contributed by atoms with van der Waals surface area (Å²) in [6, 6.07) is -0.0991. The summed E-state index contributed by atoms with van der Waals surface area (Å²) >= 11 is 0. The van der Waals surface area contributed by atoms with Crippen molar-refractivity contribution in [3.05, 3.63) is 0 Å². The molecule has 0 fully saturated rings.